The molecular weight excluding hydrogens is 318 g/mol. The van der Waals surface area contributed by atoms with Crippen LogP contribution in [0.3, 0.4) is 0 Å². The summed E-state index contributed by atoms with van der Waals surface area (Å²) in [6.45, 7) is 5.03. The average Bonchev–Trinajstić information content (AvgIpc) is 2.49. The van der Waals surface area contributed by atoms with E-state index >= 15 is 0 Å². The molecule has 1 rings (SSSR count). The summed E-state index contributed by atoms with van der Waals surface area (Å²) in [5.74, 6) is -1.58. The molecule has 0 aliphatic rings. The van der Waals surface area contributed by atoms with Crippen molar-refractivity contribution < 1.29 is 23.1 Å². The summed E-state index contributed by atoms with van der Waals surface area (Å²) >= 11 is 0. The Morgan fingerprint density at radius 2 is 1.87 bits per heavy atom. The fourth-order valence-electron chi connectivity index (χ4n) is 2.28. The highest BCUT2D eigenvalue weighted by Crippen LogP contribution is 2.20. The third-order valence-electron chi connectivity index (χ3n) is 3.78. The highest BCUT2D eigenvalue weighted by Gasteiger charge is 2.24. The Hall–Kier alpha value is -1.89. The summed E-state index contributed by atoms with van der Waals surface area (Å²) in [6.07, 6.45) is 2.23. The van der Waals surface area contributed by atoms with E-state index in [1.807, 2.05) is 13.8 Å². The summed E-state index contributed by atoms with van der Waals surface area (Å²) in [7, 11) is -3.46. The van der Waals surface area contributed by atoms with Crippen LogP contribution in [0, 0.1) is 0 Å². The van der Waals surface area contributed by atoms with E-state index in [0.717, 1.165) is 6.26 Å². The maximum atomic E-state index is 12.6. The fourth-order valence-corrected chi connectivity index (χ4v) is 3.31. The van der Waals surface area contributed by atoms with E-state index in [2.05, 4.69) is 0 Å². The van der Waals surface area contributed by atoms with Crippen molar-refractivity contribution in [2.45, 2.75) is 44.6 Å². The maximum absolute atomic E-state index is 12.6. The van der Waals surface area contributed by atoms with Crippen LogP contribution in [0.25, 0.3) is 0 Å². The molecule has 0 saturated carbocycles. The number of aliphatic carboxylic acids is 1. The number of hydrogen-bond acceptors (Lipinski definition) is 4. The Morgan fingerprint density at radius 3 is 2.30 bits per heavy atom. The second-order valence-electron chi connectivity index (χ2n) is 5.53. The molecule has 0 aliphatic heterocycles. The number of nitrogens with zero attached hydrogens (tertiary/aromatic N) is 1. The van der Waals surface area contributed by atoms with Crippen LogP contribution < -0.4 is 0 Å². The first-order chi connectivity index (χ1) is 10.6. The third kappa shape index (κ3) is 4.79. The molecule has 0 radical (unpaired) electrons. The molecule has 0 aliphatic carbocycles. The number of carbonyl (C=O) groups excluding carboxylic acids is 1. The average molecular weight is 341 g/mol. The molecule has 7 heteroatoms. The van der Waals surface area contributed by atoms with Crippen LogP contribution in [-0.4, -0.2) is 49.1 Å². The van der Waals surface area contributed by atoms with Gasteiger partial charge in [0.2, 0.25) is 0 Å². The predicted molar refractivity (Wildman–Crippen MR) is 87.4 cm³/mol. The predicted octanol–water partition coefficient (Wildman–Crippen LogP) is 1.98. The topological polar surface area (TPSA) is 91.8 Å². The van der Waals surface area contributed by atoms with Crippen molar-refractivity contribution in [2.75, 3.05) is 12.8 Å². The van der Waals surface area contributed by atoms with Crippen LogP contribution in [0.5, 0.6) is 0 Å². The molecule has 6 nitrogen and oxygen atoms in total. The lowest BCUT2D eigenvalue weighted by Crippen LogP contribution is -2.41. The number of aryl methyl sites for hydroxylation is 1. The summed E-state index contributed by atoms with van der Waals surface area (Å²) in [5.41, 5.74) is 0.821. The van der Waals surface area contributed by atoms with Crippen LogP contribution in [0.15, 0.2) is 23.1 Å². The van der Waals surface area contributed by atoms with Gasteiger partial charge in [0.1, 0.15) is 6.54 Å². The standard InChI is InChI=1S/C16H23NO5S/c1-5-11(3)17(10-15(18)19)16(20)13-8-7-12(6-2)14(9-13)23(4,21)22/h7-9,11H,5-6,10H2,1-4H3,(H,18,19). The van der Waals surface area contributed by atoms with Gasteiger partial charge in [0.15, 0.2) is 9.84 Å². The SMILES string of the molecule is CCc1ccc(C(=O)N(CC(=O)O)C(C)CC)cc1S(C)(=O)=O. The van der Waals surface area contributed by atoms with Crippen LogP contribution in [0.2, 0.25) is 0 Å². The number of sulfone groups is 1. The lowest BCUT2D eigenvalue weighted by molar-refractivity contribution is -0.138. The second kappa shape index (κ2) is 7.59. The molecule has 23 heavy (non-hydrogen) atoms. The summed E-state index contributed by atoms with van der Waals surface area (Å²) in [6, 6.07) is 4.24. The smallest absolute Gasteiger partial charge is 0.323 e. The fraction of sp³-hybridized carbons (Fsp3) is 0.500. The Bertz CT molecular complexity index is 696. The maximum Gasteiger partial charge on any atom is 0.323 e. The van der Waals surface area contributed by atoms with Gasteiger partial charge in [0.25, 0.3) is 5.91 Å². The number of rotatable bonds is 7. The normalized spacial score (nSPS) is 12.7. The lowest BCUT2D eigenvalue weighted by atomic mass is 10.1. The highest BCUT2D eigenvalue weighted by atomic mass is 32.2. The molecule has 0 bridgehead atoms. The van der Waals surface area contributed by atoms with Gasteiger partial charge in [-0.25, -0.2) is 8.42 Å². The Kier molecular flexibility index (Phi) is 6.32. The molecule has 1 amide bonds. The van der Waals surface area contributed by atoms with Gasteiger partial charge in [-0.3, -0.25) is 9.59 Å². The van der Waals surface area contributed by atoms with Crippen molar-refractivity contribution in [3.05, 3.63) is 29.3 Å². The zero-order valence-electron chi connectivity index (χ0n) is 13.9. The van der Waals surface area contributed by atoms with E-state index in [-0.39, 0.29) is 16.5 Å². The first-order valence-electron chi connectivity index (χ1n) is 7.47. The first-order valence-corrected chi connectivity index (χ1v) is 9.36. The molecule has 0 fully saturated rings. The number of carboxylic acid groups (broad SMARTS) is 1. The van der Waals surface area contributed by atoms with Gasteiger partial charge in [-0.2, -0.15) is 0 Å². The lowest BCUT2D eigenvalue weighted by Gasteiger charge is -2.27. The van der Waals surface area contributed by atoms with Gasteiger partial charge in [0, 0.05) is 17.9 Å². The zero-order valence-corrected chi connectivity index (χ0v) is 14.7. The molecule has 0 aromatic heterocycles. The van der Waals surface area contributed by atoms with Crippen molar-refractivity contribution in [1.29, 1.82) is 0 Å². The van der Waals surface area contributed by atoms with Crippen molar-refractivity contribution in [3.63, 3.8) is 0 Å². The minimum Gasteiger partial charge on any atom is -0.480 e. The van der Waals surface area contributed by atoms with E-state index < -0.39 is 28.3 Å². The Balaban J connectivity index is 3.33. The van der Waals surface area contributed by atoms with Crippen molar-refractivity contribution >= 4 is 21.7 Å². The summed E-state index contributed by atoms with van der Waals surface area (Å²) < 4.78 is 23.8. The molecular formula is C16H23NO5S. The number of amides is 1. The van der Waals surface area contributed by atoms with E-state index in [1.165, 1.54) is 11.0 Å². The monoisotopic (exact) mass is 341 g/mol. The van der Waals surface area contributed by atoms with Crippen LogP contribution >= 0.6 is 0 Å². The van der Waals surface area contributed by atoms with Gasteiger partial charge in [-0.05, 0) is 37.5 Å². The summed E-state index contributed by atoms with van der Waals surface area (Å²) in [5, 5.41) is 9.00. The van der Waals surface area contributed by atoms with Gasteiger partial charge in [-0.15, -0.1) is 0 Å². The van der Waals surface area contributed by atoms with E-state index in [1.54, 1.807) is 19.1 Å². The highest BCUT2D eigenvalue weighted by molar-refractivity contribution is 7.90. The molecule has 0 spiro atoms. The van der Waals surface area contributed by atoms with Crippen LogP contribution in [0.1, 0.15) is 43.1 Å². The minimum absolute atomic E-state index is 0.116. The van der Waals surface area contributed by atoms with E-state index in [9.17, 15) is 18.0 Å². The largest absolute Gasteiger partial charge is 0.480 e. The van der Waals surface area contributed by atoms with Crippen LogP contribution in [-0.2, 0) is 21.1 Å². The molecule has 1 aromatic rings. The van der Waals surface area contributed by atoms with Gasteiger partial charge in [-0.1, -0.05) is 19.9 Å². The second-order valence-corrected chi connectivity index (χ2v) is 7.52. The Labute approximate surface area is 137 Å². The molecule has 1 N–H and O–H groups in total. The number of benzene rings is 1. The minimum atomic E-state index is -3.46. The van der Waals surface area contributed by atoms with E-state index in [0.29, 0.717) is 18.4 Å². The van der Waals surface area contributed by atoms with Crippen molar-refractivity contribution in [1.82, 2.24) is 4.90 Å². The number of hydrogen-bond donors (Lipinski definition) is 1. The zero-order chi connectivity index (χ0) is 17.8. The molecule has 1 atom stereocenters. The molecule has 1 unspecified atom stereocenters. The Morgan fingerprint density at radius 1 is 1.26 bits per heavy atom. The molecule has 0 heterocycles. The first kappa shape index (κ1) is 19.2. The van der Waals surface area contributed by atoms with E-state index in [4.69, 9.17) is 5.11 Å². The van der Waals surface area contributed by atoms with Gasteiger partial charge < -0.3 is 10.0 Å². The number of carbonyl (C=O) groups is 2. The summed E-state index contributed by atoms with van der Waals surface area (Å²) in [4.78, 5) is 25.0. The van der Waals surface area contributed by atoms with Gasteiger partial charge in [0.05, 0.1) is 4.90 Å². The quantitative estimate of drug-likeness (QED) is 0.819. The van der Waals surface area contributed by atoms with Crippen molar-refractivity contribution in [2.24, 2.45) is 0 Å². The number of carboxylic acids is 1. The molecule has 128 valence electrons. The van der Waals surface area contributed by atoms with Crippen molar-refractivity contribution in [3.8, 4) is 0 Å². The molecule has 1 aromatic carbocycles. The van der Waals surface area contributed by atoms with Gasteiger partial charge >= 0.3 is 5.97 Å². The third-order valence-corrected chi connectivity index (χ3v) is 4.96. The van der Waals surface area contributed by atoms with Crippen LogP contribution in [0.4, 0.5) is 0 Å². The molecule has 0 saturated heterocycles.